The first-order valence-electron chi connectivity index (χ1n) is 7.86. The Labute approximate surface area is 129 Å². The van der Waals surface area contributed by atoms with Gasteiger partial charge in [-0.1, -0.05) is 17.3 Å². The Morgan fingerprint density at radius 1 is 1.23 bits per heavy atom. The standard InChI is InChI=1S/C17H21N3O2/c1-11-4-5-12(10-13(11)21-2)16(8-9-16)15-19-14(20-22-15)17(18)6-3-7-17/h4-5,10H,3,6-9,18H2,1-2H3. The van der Waals surface area contributed by atoms with Crippen molar-refractivity contribution in [3.8, 4) is 5.75 Å². The quantitative estimate of drug-likeness (QED) is 0.939. The zero-order valence-electron chi connectivity index (χ0n) is 13.1. The predicted octanol–water partition coefficient (Wildman–Crippen LogP) is 2.80. The second-order valence-corrected chi connectivity index (χ2v) is 6.70. The molecule has 1 aromatic heterocycles. The number of rotatable bonds is 4. The molecule has 1 aromatic carbocycles. The fraction of sp³-hybridized carbons (Fsp3) is 0.529. The number of aromatic nitrogens is 2. The van der Waals surface area contributed by atoms with Gasteiger partial charge in [-0.15, -0.1) is 0 Å². The molecule has 22 heavy (non-hydrogen) atoms. The maximum Gasteiger partial charge on any atom is 0.237 e. The van der Waals surface area contributed by atoms with Crippen LogP contribution in [-0.2, 0) is 11.0 Å². The van der Waals surface area contributed by atoms with Crippen molar-refractivity contribution in [1.29, 1.82) is 0 Å². The summed E-state index contributed by atoms with van der Waals surface area (Å²) in [6.45, 7) is 2.04. The number of aryl methyl sites for hydroxylation is 1. The van der Waals surface area contributed by atoms with Gasteiger partial charge in [0.15, 0.2) is 5.82 Å². The molecule has 4 rings (SSSR count). The highest BCUT2D eigenvalue weighted by Gasteiger charge is 2.52. The van der Waals surface area contributed by atoms with Gasteiger partial charge >= 0.3 is 0 Å². The van der Waals surface area contributed by atoms with E-state index in [4.69, 9.17) is 15.0 Å². The Bertz CT molecular complexity index is 714. The molecular weight excluding hydrogens is 278 g/mol. The molecule has 0 spiro atoms. The Morgan fingerprint density at radius 2 is 2.00 bits per heavy atom. The lowest BCUT2D eigenvalue weighted by Gasteiger charge is -2.34. The Balaban J connectivity index is 1.70. The second-order valence-electron chi connectivity index (χ2n) is 6.70. The average Bonchev–Trinajstić information content (AvgIpc) is 3.15. The molecule has 5 heteroatoms. The van der Waals surface area contributed by atoms with Gasteiger partial charge in [-0.2, -0.15) is 4.98 Å². The van der Waals surface area contributed by atoms with E-state index in [1.54, 1.807) is 7.11 Å². The molecule has 2 aromatic rings. The number of benzene rings is 1. The molecule has 2 N–H and O–H groups in total. The van der Waals surface area contributed by atoms with E-state index in [2.05, 4.69) is 28.3 Å². The maximum absolute atomic E-state index is 6.30. The second kappa shape index (κ2) is 4.56. The van der Waals surface area contributed by atoms with Crippen molar-refractivity contribution >= 4 is 0 Å². The molecule has 0 atom stereocenters. The van der Waals surface area contributed by atoms with Crippen LogP contribution in [0.3, 0.4) is 0 Å². The molecule has 2 aliphatic rings. The van der Waals surface area contributed by atoms with Crippen molar-refractivity contribution in [3.05, 3.63) is 41.0 Å². The fourth-order valence-electron chi connectivity index (χ4n) is 3.27. The molecule has 0 amide bonds. The van der Waals surface area contributed by atoms with Crippen LogP contribution in [0, 0.1) is 6.92 Å². The normalized spacial score (nSPS) is 21.2. The third-order valence-corrected chi connectivity index (χ3v) is 5.24. The van der Waals surface area contributed by atoms with Crippen molar-refractivity contribution in [2.24, 2.45) is 5.73 Å². The summed E-state index contributed by atoms with van der Waals surface area (Å²) in [5, 5.41) is 4.16. The summed E-state index contributed by atoms with van der Waals surface area (Å²) in [5.41, 5.74) is 8.10. The van der Waals surface area contributed by atoms with Crippen LogP contribution in [0.25, 0.3) is 0 Å². The van der Waals surface area contributed by atoms with E-state index in [1.165, 1.54) is 5.56 Å². The molecule has 0 aliphatic heterocycles. The molecule has 1 heterocycles. The fourth-order valence-corrected chi connectivity index (χ4v) is 3.27. The zero-order valence-corrected chi connectivity index (χ0v) is 13.1. The van der Waals surface area contributed by atoms with Gasteiger partial charge in [0.1, 0.15) is 5.75 Å². The van der Waals surface area contributed by atoms with Crippen LogP contribution in [-0.4, -0.2) is 17.3 Å². The first kappa shape index (κ1) is 13.8. The molecule has 0 unspecified atom stereocenters. The molecule has 2 aliphatic carbocycles. The Hall–Kier alpha value is -1.88. The maximum atomic E-state index is 6.30. The van der Waals surface area contributed by atoms with Gasteiger partial charge < -0.3 is 15.0 Å². The van der Waals surface area contributed by atoms with Crippen LogP contribution in [0.2, 0.25) is 0 Å². The SMILES string of the molecule is COc1cc(C2(c3nc(C4(N)CCC4)no3)CC2)ccc1C. The van der Waals surface area contributed by atoms with Gasteiger partial charge in [0.05, 0.1) is 18.1 Å². The van der Waals surface area contributed by atoms with Gasteiger partial charge in [-0.3, -0.25) is 0 Å². The van der Waals surface area contributed by atoms with Crippen LogP contribution in [0.5, 0.6) is 5.75 Å². The Morgan fingerprint density at radius 3 is 2.59 bits per heavy atom. The summed E-state index contributed by atoms with van der Waals surface area (Å²) in [7, 11) is 1.70. The molecule has 5 nitrogen and oxygen atoms in total. The summed E-state index contributed by atoms with van der Waals surface area (Å²) in [4.78, 5) is 4.65. The lowest BCUT2D eigenvalue weighted by molar-refractivity contribution is 0.228. The topological polar surface area (TPSA) is 74.2 Å². The lowest BCUT2D eigenvalue weighted by atomic mass is 9.77. The van der Waals surface area contributed by atoms with Crippen molar-refractivity contribution in [2.45, 2.75) is 50.0 Å². The first-order valence-corrected chi connectivity index (χ1v) is 7.86. The van der Waals surface area contributed by atoms with Gasteiger partial charge in [-0.05, 0) is 56.2 Å². The highest BCUT2D eigenvalue weighted by Crippen LogP contribution is 2.54. The minimum Gasteiger partial charge on any atom is -0.496 e. The molecule has 116 valence electrons. The van der Waals surface area contributed by atoms with Gasteiger partial charge in [-0.25, -0.2) is 0 Å². The van der Waals surface area contributed by atoms with Crippen LogP contribution in [0.15, 0.2) is 22.7 Å². The molecular formula is C17H21N3O2. The van der Waals surface area contributed by atoms with Crippen LogP contribution >= 0.6 is 0 Å². The highest BCUT2D eigenvalue weighted by molar-refractivity contribution is 5.45. The highest BCUT2D eigenvalue weighted by atomic mass is 16.5. The summed E-state index contributed by atoms with van der Waals surface area (Å²) >= 11 is 0. The van der Waals surface area contributed by atoms with Crippen LogP contribution in [0.4, 0.5) is 0 Å². The summed E-state index contributed by atoms with van der Waals surface area (Å²) in [5.74, 6) is 2.27. The molecule has 0 radical (unpaired) electrons. The van der Waals surface area contributed by atoms with Crippen molar-refractivity contribution in [1.82, 2.24) is 10.1 Å². The predicted molar refractivity (Wildman–Crippen MR) is 81.8 cm³/mol. The number of methoxy groups -OCH3 is 1. The lowest BCUT2D eigenvalue weighted by Crippen LogP contribution is -2.44. The van der Waals surface area contributed by atoms with Crippen molar-refractivity contribution < 1.29 is 9.26 Å². The monoisotopic (exact) mass is 299 g/mol. The van der Waals surface area contributed by atoms with E-state index in [-0.39, 0.29) is 11.0 Å². The van der Waals surface area contributed by atoms with Crippen molar-refractivity contribution in [3.63, 3.8) is 0 Å². The van der Waals surface area contributed by atoms with E-state index in [1.807, 2.05) is 6.92 Å². The third-order valence-electron chi connectivity index (χ3n) is 5.24. The number of nitrogens with zero attached hydrogens (tertiary/aromatic N) is 2. The van der Waals surface area contributed by atoms with E-state index in [9.17, 15) is 0 Å². The van der Waals surface area contributed by atoms with E-state index in [0.29, 0.717) is 11.7 Å². The smallest absolute Gasteiger partial charge is 0.237 e. The molecule has 0 saturated heterocycles. The minimum atomic E-state index is -0.372. The first-order chi connectivity index (χ1) is 10.6. The summed E-state index contributed by atoms with van der Waals surface area (Å²) in [6.07, 6.45) is 5.08. The zero-order chi connectivity index (χ0) is 15.4. The molecule has 0 bridgehead atoms. The number of hydrogen-bond acceptors (Lipinski definition) is 5. The minimum absolute atomic E-state index is 0.146. The molecule has 2 fully saturated rings. The van der Waals surface area contributed by atoms with E-state index < -0.39 is 0 Å². The van der Waals surface area contributed by atoms with Gasteiger partial charge in [0.25, 0.3) is 0 Å². The van der Waals surface area contributed by atoms with Gasteiger partial charge in [0.2, 0.25) is 5.89 Å². The Kier molecular flexibility index (Phi) is 2.85. The average molecular weight is 299 g/mol. The van der Waals surface area contributed by atoms with Crippen molar-refractivity contribution in [2.75, 3.05) is 7.11 Å². The summed E-state index contributed by atoms with van der Waals surface area (Å²) < 4.78 is 11.0. The number of hydrogen-bond donors (Lipinski definition) is 1. The summed E-state index contributed by atoms with van der Waals surface area (Å²) in [6, 6.07) is 6.31. The number of nitrogens with two attached hydrogens (primary N) is 1. The largest absolute Gasteiger partial charge is 0.496 e. The molecule has 2 saturated carbocycles. The number of ether oxygens (including phenoxy) is 1. The van der Waals surface area contributed by atoms with E-state index in [0.717, 1.165) is 43.4 Å². The third kappa shape index (κ3) is 1.88. The van der Waals surface area contributed by atoms with Crippen LogP contribution in [0.1, 0.15) is 54.9 Å². The van der Waals surface area contributed by atoms with Gasteiger partial charge in [0, 0.05) is 0 Å². The van der Waals surface area contributed by atoms with Crippen LogP contribution < -0.4 is 10.5 Å². The van der Waals surface area contributed by atoms with E-state index >= 15 is 0 Å².